The third-order valence-corrected chi connectivity index (χ3v) is 4.76. The highest BCUT2D eigenvalue weighted by Gasteiger charge is 2.25. The predicted octanol–water partition coefficient (Wildman–Crippen LogP) is 4.64. The van der Waals surface area contributed by atoms with Gasteiger partial charge in [-0.2, -0.15) is 0 Å². The number of nitrogens with one attached hydrogen (secondary N) is 1. The zero-order chi connectivity index (χ0) is 15.2. The minimum Gasteiger partial charge on any atom is -0.313 e. The molecule has 2 atom stereocenters. The second kappa shape index (κ2) is 8.17. The summed E-state index contributed by atoms with van der Waals surface area (Å²) in [6.45, 7) is 9.18. The van der Waals surface area contributed by atoms with Gasteiger partial charge in [-0.15, -0.1) is 0 Å². The summed E-state index contributed by atoms with van der Waals surface area (Å²) in [5.74, 6) is 0. The van der Waals surface area contributed by atoms with Crippen molar-refractivity contribution in [2.24, 2.45) is 0 Å². The van der Waals surface area contributed by atoms with E-state index in [1.807, 2.05) is 6.07 Å². The Bertz CT molecular complexity index is 427. The number of piperidine rings is 1. The van der Waals surface area contributed by atoms with Crippen LogP contribution in [0.15, 0.2) is 24.3 Å². The fraction of sp³-hybridized carbons (Fsp3) is 0.667. The number of halogens is 1. The monoisotopic (exact) mass is 308 g/mol. The molecule has 2 nitrogen and oxygen atoms in total. The number of nitrogens with zero attached hydrogens (tertiary/aromatic N) is 1. The van der Waals surface area contributed by atoms with Crippen molar-refractivity contribution in [3.63, 3.8) is 0 Å². The van der Waals surface area contributed by atoms with E-state index in [-0.39, 0.29) is 0 Å². The lowest BCUT2D eigenvalue weighted by atomic mass is 9.98. The number of hydrogen-bond acceptors (Lipinski definition) is 2. The molecule has 1 N–H and O–H groups in total. The van der Waals surface area contributed by atoms with Gasteiger partial charge in [0.1, 0.15) is 0 Å². The largest absolute Gasteiger partial charge is 0.313 e. The van der Waals surface area contributed by atoms with Crippen LogP contribution < -0.4 is 5.32 Å². The molecule has 1 aliphatic rings. The summed E-state index contributed by atoms with van der Waals surface area (Å²) in [5, 5.41) is 4.52. The number of rotatable bonds is 6. The average molecular weight is 309 g/mol. The Morgan fingerprint density at radius 2 is 2.14 bits per heavy atom. The number of benzene rings is 1. The van der Waals surface area contributed by atoms with Gasteiger partial charge in [0, 0.05) is 29.7 Å². The molecule has 118 valence electrons. The van der Waals surface area contributed by atoms with E-state index in [2.05, 4.69) is 49.2 Å². The maximum absolute atomic E-state index is 6.19. The van der Waals surface area contributed by atoms with Gasteiger partial charge >= 0.3 is 0 Å². The molecule has 0 radical (unpaired) electrons. The fourth-order valence-corrected chi connectivity index (χ4v) is 3.61. The van der Waals surface area contributed by atoms with E-state index < -0.39 is 0 Å². The lowest BCUT2D eigenvalue weighted by Gasteiger charge is -2.38. The predicted molar refractivity (Wildman–Crippen MR) is 92.0 cm³/mol. The Morgan fingerprint density at radius 1 is 1.33 bits per heavy atom. The van der Waals surface area contributed by atoms with Crippen LogP contribution in [-0.4, -0.2) is 30.1 Å². The average Bonchev–Trinajstić information content (AvgIpc) is 2.48. The van der Waals surface area contributed by atoms with Crippen LogP contribution in [0.1, 0.15) is 58.1 Å². The molecule has 1 saturated heterocycles. The standard InChI is InChI=1S/C18H29ClN2/c1-4-18(15-8-7-9-16(19)12-15)21(14(2)3)13-17-10-5-6-11-20-17/h7-9,12,14,17-18,20H,4-6,10-11,13H2,1-3H3. The van der Waals surface area contributed by atoms with Crippen LogP contribution in [0.3, 0.4) is 0 Å². The Hall–Kier alpha value is -0.570. The maximum atomic E-state index is 6.19. The quantitative estimate of drug-likeness (QED) is 0.823. The first kappa shape index (κ1) is 16.8. The van der Waals surface area contributed by atoms with E-state index in [4.69, 9.17) is 11.6 Å². The molecule has 1 fully saturated rings. The Balaban J connectivity index is 2.13. The van der Waals surface area contributed by atoms with Gasteiger partial charge in [-0.1, -0.05) is 37.1 Å². The summed E-state index contributed by atoms with van der Waals surface area (Å²) in [6, 6.07) is 9.99. The van der Waals surface area contributed by atoms with Crippen molar-refractivity contribution in [3.05, 3.63) is 34.9 Å². The SMILES string of the molecule is CCC(c1cccc(Cl)c1)N(CC1CCCCN1)C(C)C. The Kier molecular flexibility index (Phi) is 6.53. The third kappa shape index (κ3) is 4.70. The van der Waals surface area contributed by atoms with Gasteiger partial charge in [-0.25, -0.2) is 0 Å². The summed E-state index contributed by atoms with van der Waals surface area (Å²) in [4.78, 5) is 2.63. The third-order valence-electron chi connectivity index (χ3n) is 4.53. The normalized spacial score (nSPS) is 21.0. The zero-order valence-electron chi connectivity index (χ0n) is 13.6. The van der Waals surface area contributed by atoms with Crippen LogP contribution in [0, 0.1) is 0 Å². The maximum Gasteiger partial charge on any atom is 0.0409 e. The van der Waals surface area contributed by atoms with Gasteiger partial charge < -0.3 is 5.32 Å². The van der Waals surface area contributed by atoms with Gasteiger partial charge in [0.2, 0.25) is 0 Å². The lowest BCUT2D eigenvalue weighted by Crippen LogP contribution is -2.47. The molecule has 0 bridgehead atoms. The molecule has 0 aromatic heterocycles. The molecule has 3 heteroatoms. The molecule has 1 aromatic carbocycles. The van der Waals surface area contributed by atoms with Crippen LogP contribution in [0.2, 0.25) is 5.02 Å². The smallest absolute Gasteiger partial charge is 0.0409 e. The van der Waals surface area contributed by atoms with Crippen LogP contribution >= 0.6 is 11.6 Å². The highest BCUT2D eigenvalue weighted by atomic mass is 35.5. The van der Waals surface area contributed by atoms with Crippen molar-refractivity contribution in [3.8, 4) is 0 Å². The summed E-state index contributed by atoms with van der Waals surface area (Å²) >= 11 is 6.19. The van der Waals surface area contributed by atoms with Gasteiger partial charge in [-0.3, -0.25) is 4.90 Å². The molecule has 21 heavy (non-hydrogen) atoms. The Morgan fingerprint density at radius 3 is 2.71 bits per heavy atom. The number of hydrogen-bond donors (Lipinski definition) is 1. The second-order valence-corrected chi connectivity index (χ2v) is 6.85. The Labute approximate surface area is 134 Å². The molecule has 0 aliphatic carbocycles. The molecular weight excluding hydrogens is 280 g/mol. The summed E-state index contributed by atoms with van der Waals surface area (Å²) in [5.41, 5.74) is 1.34. The van der Waals surface area contributed by atoms with Crippen molar-refractivity contribution < 1.29 is 0 Å². The van der Waals surface area contributed by atoms with E-state index >= 15 is 0 Å². The van der Waals surface area contributed by atoms with Crippen molar-refractivity contribution in [2.45, 2.75) is 64.6 Å². The second-order valence-electron chi connectivity index (χ2n) is 6.42. The highest BCUT2D eigenvalue weighted by molar-refractivity contribution is 6.30. The van der Waals surface area contributed by atoms with Crippen LogP contribution in [0.5, 0.6) is 0 Å². The van der Waals surface area contributed by atoms with E-state index in [1.165, 1.54) is 31.4 Å². The van der Waals surface area contributed by atoms with Crippen molar-refractivity contribution in [1.82, 2.24) is 10.2 Å². The van der Waals surface area contributed by atoms with Gasteiger partial charge in [0.25, 0.3) is 0 Å². The first-order valence-electron chi connectivity index (χ1n) is 8.36. The minimum absolute atomic E-state index is 0.451. The van der Waals surface area contributed by atoms with Crippen molar-refractivity contribution in [1.29, 1.82) is 0 Å². The molecule has 2 unspecified atom stereocenters. The molecule has 1 aromatic rings. The lowest BCUT2D eigenvalue weighted by molar-refractivity contribution is 0.125. The van der Waals surface area contributed by atoms with E-state index in [9.17, 15) is 0 Å². The van der Waals surface area contributed by atoms with Crippen LogP contribution in [0.4, 0.5) is 0 Å². The molecule has 1 heterocycles. The molecule has 0 amide bonds. The topological polar surface area (TPSA) is 15.3 Å². The van der Waals surface area contributed by atoms with Gasteiger partial charge in [0.15, 0.2) is 0 Å². The van der Waals surface area contributed by atoms with Crippen molar-refractivity contribution >= 4 is 11.6 Å². The van der Waals surface area contributed by atoms with E-state index in [0.717, 1.165) is 18.0 Å². The zero-order valence-corrected chi connectivity index (χ0v) is 14.4. The molecule has 2 rings (SSSR count). The van der Waals surface area contributed by atoms with E-state index in [0.29, 0.717) is 18.1 Å². The highest BCUT2D eigenvalue weighted by Crippen LogP contribution is 2.28. The van der Waals surface area contributed by atoms with Gasteiger partial charge in [0.05, 0.1) is 0 Å². The fourth-order valence-electron chi connectivity index (χ4n) is 3.41. The van der Waals surface area contributed by atoms with Gasteiger partial charge in [-0.05, 0) is 57.4 Å². The molecule has 1 aliphatic heterocycles. The van der Waals surface area contributed by atoms with Crippen LogP contribution in [0.25, 0.3) is 0 Å². The first-order chi connectivity index (χ1) is 10.1. The molecule has 0 spiro atoms. The van der Waals surface area contributed by atoms with Crippen molar-refractivity contribution in [2.75, 3.05) is 13.1 Å². The minimum atomic E-state index is 0.451. The molecule has 0 saturated carbocycles. The van der Waals surface area contributed by atoms with Crippen LogP contribution in [-0.2, 0) is 0 Å². The molecular formula is C18H29ClN2. The summed E-state index contributed by atoms with van der Waals surface area (Å²) in [6.07, 6.45) is 5.10. The summed E-state index contributed by atoms with van der Waals surface area (Å²) in [7, 11) is 0. The summed E-state index contributed by atoms with van der Waals surface area (Å²) < 4.78 is 0. The first-order valence-corrected chi connectivity index (χ1v) is 8.74. The van der Waals surface area contributed by atoms with E-state index in [1.54, 1.807) is 0 Å².